The highest BCUT2D eigenvalue weighted by molar-refractivity contribution is 8.00. The summed E-state index contributed by atoms with van der Waals surface area (Å²) in [6.45, 7) is 0.304. The number of nitrogens with zero attached hydrogens (tertiary/aromatic N) is 5. The Bertz CT molecular complexity index is 1430. The lowest BCUT2D eigenvalue weighted by Crippen LogP contribution is -2.71. The molecule has 3 aromatic heterocycles. The third kappa shape index (κ3) is 4.16. The van der Waals surface area contributed by atoms with E-state index in [4.69, 9.17) is 22.2 Å². The molecule has 2 aliphatic heterocycles. The van der Waals surface area contributed by atoms with Crippen LogP contribution in [0.2, 0.25) is 4.34 Å². The Morgan fingerprint density at radius 1 is 1.44 bits per heavy atom. The van der Waals surface area contributed by atoms with Gasteiger partial charge < -0.3 is 21.0 Å². The molecule has 0 bridgehead atoms. The topological polar surface area (TPSA) is 156 Å². The molecule has 5 heterocycles. The Hall–Kier alpha value is -3.62. The van der Waals surface area contributed by atoms with E-state index in [9.17, 15) is 19.5 Å². The summed E-state index contributed by atoms with van der Waals surface area (Å²) in [5, 5.41) is 15.8. The fraction of sp³-hybridized carbons (Fsp3) is 0.238. The molecule has 5 rings (SSSR count). The van der Waals surface area contributed by atoms with E-state index in [0.29, 0.717) is 17.9 Å². The van der Waals surface area contributed by atoms with Gasteiger partial charge in [-0.3, -0.25) is 14.5 Å². The maximum Gasteiger partial charge on any atom is 0.352 e. The van der Waals surface area contributed by atoms with Crippen molar-refractivity contribution >= 4 is 68.8 Å². The van der Waals surface area contributed by atoms with Crippen molar-refractivity contribution in [3.63, 3.8) is 0 Å². The van der Waals surface area contributed by atoms with E-state index in [-0.39, 0.29) is 26.6 Å². The van der Waals surface area contributed by atoms with Gasteiger partial charge in [-0.15, -0.1) is 11.8 Å². The SMILES string of the molecule is CO/N=C(\C(=O)N[C@@H]1C(=O)N2C(C(=O)O)=C(C[n+]3cc4ccccn4c3)CS[C@@H]12)c1nc(N)sc1Cl. The lowest BCUT2D eigenvalue weighted by atomic mass is 10.0. The molecule has 12 nitrogen and oxygen atoms in total. The van der Waals surface area contributed by atoms with E-state index in [1.807, 2.05) is 45.9 Å². The molecule has 2 atom stereocenters. The first-order valence-electron chi connectivity index (χ1n) is 10.5. The number of imidazole rings is 1. The number of fused-ring (bicyclic) bond motifs is 2. The number of carbonyl (C=O) groups excluding carboxylic acids is 2. The number of thiazole rings is 1. The Balaban J connectivity index is 1.36. The molecule has 2 amide bonds. The summed E-state index contributed by atoms with van der Waals surface area (Å²) in [5.74, 6) is -2.12. The number of aliphatic carboxylic acids is 1. The van der Waals surface area contributed by atoms with Crippen molar-refractivity contribution in [2.75, 3.05) is 18.6 Å². The van der Waals surface area contributed by atoms with Gasteiger partial charge in [-0.2, -0.15) is 0 Å². The zero-order chi connectivity index (χ0) is 25.6. The van der Waals surface area contributed by atoms with Crippen LogP contribution in [0.5, 0.6) is 0 Å². The number of nitrogen functional groups attached to an aromatic ring is 1. The average molecular weight is 549 g/mol. The van der Waals surface area contributed by atoms with E-state index in [1.54, 1.807) is 0 Å². The molecule has 186 valence electrons. The highest BCUT2D eigenvalue weighted by atomic mass is 35.5. The number of carbonyl (C=O) groups is 3. The summed E-state index contributed by atoms with van der Waals surface area (Å²) in [7, 11) is 1.25. The Morgan fingerprint density at radius 3 is 2.92 bits per heavy atom. The van der Waals surface area contributed by atoms with Gasteiger partial charge in [0.2, 0.25) is 6.33 Å². The molecule has 0 spiro atoms. The molecule has 0 aromatic carbocycles. The van der Waals surface area contributed by atoms with Crippen LogP contribution in [-0.4, -0.2) is 67.2 Å². The van der Waals surface area contributed by atoms with Crippen molar-refractivity contribution in [2.45, 2.75) is 18.0 Å². The highest BCUT2D eigenvalue weighted by Crippen LogP contribution is 2.40. The molecule has 1 saturated heterocycles. The number of anilines is 1. The van der Waals surface area contributed by atoms with Crippen LogP contribution in [0.1, 0.15) is 5.69 Å². The molecule has 0 saturated carbocycles. The minimum absolute atomic E-state index is 0.0313. The average Bonchev–Trinajstić information content (AvgIpc) is 3.41. The highest BCUT2D eigenvalue weighted by Gasteiger charge is 2.54. The maximum absolute atomic E-state index is 13.0. The number of β-lactam (4-membered cyclic amide) rings is 1. The summed E-state index contributed by atoms with van der Waals surface area (Å²) in [6.07, 6.45) is 5.65. The van der Waals surface area contributed by atoms with Gasteiger partial charge in [0, 0.05) is 11.3 Å². The third-order valence-corrected chi connectivity index (χ3v) is 8.05. The number of aromatic nitrogens is 3. The fourth-order valence-corrected chi connectivity index (χ4v) is 6.38. The summed E-state index contributed by atoms with van der Waals surface area (Å²) in [5.41, 5.74) is 6.93. The van der Waals surface area contributed by atoms with Gasteiger partial charge in [-0.1, -0.05) is 34.2 Å². The van der Waals surface area contributed by atoms with Gasteiger partial charge >= 0.3 is 5.97 Å². The number of halogens is 1. The van der Waals surface area contributed by atoms with Crippen LogP contribution in [0.3, 0.4) is 0 Å². The van der Waals surface area contributed by atoms with Gasteiger partial charge in [-0.05, 0) is 12.1 Å². The number of nitrogens with one attached hydrogen (secondary N) is 1. The van der Waals surface area contributed by atoms with E-state index in [1.165, 1.54) is 23.8 Å². The number of nitrogens with two attached hydrogens (primary N) is 1. The minimum atomic E-state index is -1.20. The van der Waals surface area contributed by atoms with Crippen molar-refractivity contribution in [3.8, 4) is 0 Å². The number of thioether (sulfide) groups is 1. The molecule has 0 unspecified atom stereocenters. The number of carboxylic acid groups (broad SMARTS) is 1. The van der Waals surface area contributed by atoms with E-state index in [2.05, 4.69) is 15.5 Å². The number of oxime groups is 1. The summed E-state index contributed by atoms with van der Waals surface area (Å²) in [4.78, 5) is 48.1. The zero-order valence-corrected chi connectivity index (χ0v) is 21.0. The predicted octanol–water partition coefficient (Wildman–Crippen LogP) is 0.708. The second kappa shape index (κ2) is 9.44. The molecule has 3 aromatic rings. The second-order valence-corrected chi connectivity index (χ2v) is 10.6. The minimum Gasteiger partial charge on any atom is -0.477 e. The summed E-state index contributed by atoms with van der Waals surface area (Å²) in [6, 6.07) is 4.79. The number of amides is 2. The van der Waals surface area contributed by atoms with Crippen LogP contribution in [0.15, 0.2) is 53.3 Å². The van der Waals surface area contributed by atoms with Crippen molar-refractivity contribution in [3.05, 3.63) is 58.2 Å². The third-order valence-electron chi connectivity index (χ3n) is 5.63. The Kier molecular flexibility index (Phi) is 6.32. The molecule has 1 fully saturated rings. The maximum atomic E-state index is 13.0. The van der Waals surface area contributed by atoms with Gasteiger partial charge in [0.25, 0.3) is 11.8 Å². The molecule has 2 aliphatic rings. The van der Waals surface area contributed by atoms with Gasteiger partial charge in [0.05, 0.1) is 6.20 Å². The van der Waals surface area contributed by atoms with Crippen LogP contribution >= 0.6 is 34.7 Å². The van der Waals surface area contributed by atoms with Crippen LogP contribution in [0.4, 0.5) is 5.13 Å². The molecule has 4 N–H and O–H groups in total. The van der Waals surface area contributed by atoms with Crippen molar-refractivity contribution in [1.82, 2.24) is 19.6 Å². The van der Waals surface area contributed by atoms with E-state index in [0.717, 1.165) is 16.9 Å². The quantitative estimate of drug-likeness (QED) is 0.169. The first-order chi connectivity index (χ1) is 17.3. The van der Waals surface area contributed by atoms with Crippen LogP contribution in [0, 0.1) is 0 Å². The molecule has 0 radical (unpaired) electrons. The normalized spacial score (nSPS) is 19.8. The molecular weight excluding hydrogens is 530 g/mol. The zero-order valence-electron chi connectivity index (χ0n) is 18.6. The molecular formula is C21H19ClN7O5S2+. The van der Waals surface area contributed by atoms with Crippen molar-refractivity contribution in [1.29, 1.82) is 0 Å². The standard InChI is InChI=1S/C21H18ClN7O5S2/c1-34-26-13(12-16(22)36-21(23)25-12)17(30)24-14-18(31)29-15(20(32)33)10(8-35-19(14)29)6-27-7-11-4-2-3-5-28(11)9-27/h2-5,7,9,14,19H,6,8H2,1H3,(H3-,23,24,25,30,32,33)/p+1/b26-13-/t14-,19+/m1/s1. The number of carboxylic acids is 1. The summed E-state index contributed by atoms with van der Waals surface area (Å²) >= 11 is 8.45. The Morgan fingerprint density at radius 2 is 2.25 bits per heavy atom. The van der Waals surface area contributed by atoms with Crippen LogP contribution < -0.4 is 15.6 Å². The Labute approximate surface area is 217 Å². The largest absolute Gasteiger partial charge is 0.477 e. The molecule has 15 heteroatoms. The fourth-order valence-electron chi connectivity index (χ4n) is 4.11. The van der Waals surface area contributed by atoms with Crippen LogP contribution in [0.25, 0.3) is 5.52 Å². The first kappa shape index (κ1) is 24.1. The van der Waals surface area contributed by atoms with Crippen molar-refractivity contribution in [2.24, 2.45) is 5.16 Å². The number of hydrogen-bond acceptors (Lipinski definition) is 9. The lowest BCUT2D eigenvalue weighted by Gasteiger charge is -2.49. The first-order valence-corrected chi connectivity index (χ1v) is 12.7. The summed E-state index contributed by atoms with van der Waals surface area (Å²) < 4.78 is 3.93. The van der Waals surface area contributed by atoms with Gasteiger partial charge in [-0.25, -0.2) is 18.7 Å². The lowest BCUT2D eigenvalue weighted by molar-refractivity contribution is -0.687. The van der Waals surface area contributed by atoms with Crippen LogP contribution in [-0.2, 0) is 25.8 Å². The number of rotatable bonds is 7. The second-order valence-electron chi connectivity index (χ2n) is 7.86. The molecule has 0 aliphatic carbocycles. The van der Waals surface area contributed by atoms with Crippen molar-refractivity contribution < 1.29 is 28.9 Å². The van der Waals surface area contributed by atoms with Gasteiger partial charge in [0.15, 0.2) is 16.4 Å². The molecule has 36 heavy (non-hydrogen) atoms. The number of pyridine rings is 1. The van der Waals surface area contributed by atoms with Gasteiger partial charge in [0.1, 0.15) is 47.0 Å². The van der Waals surface area contributed by atoms with E-state index < -0.39 is 29.2 Å². The monoisotopic (exact) mass is 548 g/mol. The van der Waals surface area contributed by atoms with E-state index >= 15 is 0 Å². The smallest absolute Gasteiger partial charge is 0.352 e. The number of hydrogen-bond donors (Lipinski definition) is 3. The predicted molar refractivity (Wildman–Crippen MR) is 132 cm³/mol.